The number of hydrogen-bond donors (Lipinski definition) is 3. The summed E-state index contributed by atoms with van der Waals surface area (Å²) < 4.78 is 0. The van der Waals surface area contributed by atoms with E-state index in [9.17, 15) is 14.9 Å². The summed E-state index contributed by atoms with van der Waals surface area (Å²) in [6, 6.07) is 4.40. The van der Waals surface area contributed by atoms with E-state index in [4.69, 9.17) is 5.73 Å². The average Bonchev–Trinajstić information content (AvgIpc) is 2.78. The van der Waals surface area contributed by atoms with Crippen molar-refractivity contribution in [3.05, 3.63) is 39.7 Å². The summed E-state index contributed by atoms with van der Waals surface area (Å²) in [5.41, 5.74) is 5.89. The van der Waals surface area contributed by atoms with Gasteiger partial charge in [0.25, 0.3) is 11.6 Å². The lowest BCUT2D eigenvalue weighted by Crippen LogP contribution is -2.15. The summed E-state index contributed by atoms with van der Waals surface area (Å²) in [6.45, 7) is 1.54. The number of carbonyl (C=O) groups is 1. The summed E-state index contributed by atoms with van der Waals surface area (Å²) in [7, 11) is 0. The molecule has 9 heteroatoms. The number of nitrogen functional groups attached to an aromatic ring is 1. The van der Waals surface area contributed by atoms with Crippen molar-refractivity contribution in [3.8, 4) is 0 Å². The highest BCUT2D eigenvalue weighted by Gasteiger charge is 2.17. The summed E-state index contributed by atoms with van der Waals surface area (Å²) >= 11 is 0. The van der Waals surface area contributed by atoms with Crippen molar-refractivity contribution in [2.45, 2.75) is 6.92 Å². The number of nitrogens with one attached hydrogen (secondary N) is 2. The number of aromatic nitrogens is 3. The van der Waals surface area contributed by atoms with Crippen molar-refractivity contribution in [3.63, 3.8) is 0 Å². The zero-order valence-corrected chi connectivity index (χ0v) is 9.88. The third kappa shape index (κ3) is 2.49. The molecule has 4 N–H and O–H groups in total. The van der Waals surface area contributed by atoms with Crippen molar-refractivity contribution >= 4 is 23.2 Å². The summed E-state index contributed by atoms with van der Waals surface area (Å²) in [5.74, 6) is -0.697. The van der Waals surface area contributed by atoms with Gasteiger partial charge in [-0.2, -0.15) is 4.98 Å². The van der Waals surface area contributed by atoms with Gasteiger partial charge in [0.15, 0.2) is 0 Å². The Morgan fingerprint density at radius 1 is 1.53 bits per heavy atom. The van der Waals surface area contributed by atoms with Gasteiger partial charge in [0.05, 0.1) is 16.2 Å². The number of nitro benzene ring substituents is 1. The van der Waals surface area contributed by atoms with Crippen LogP contribution in [0, 0.1) is 17.0 Å². The number of nitro groups is 1. The number of amides is 1. The van der Waals surface area contributed by atoms with Crippen LogP contribution in [0.15, 0.2) is 18.2 Å². The van der Waals surface area contributed by atoms with Crippen molar-refractivity contribution in [2.24, 2.45) is 0 Å². The van der Waals surface area contributed by atoms with Gasteiger partial charge in [0.1, 0.15) is 0 Å². The second-order valence-electron chi connectivity index (χ2n) is 3.70. The van der Waals surface area contributed by atoms with Gasteiger partial charge in [-0.25, -0.2) is 0 Å². The molecule has 19 heavy (non-hydrogen) atoms. The molecular formula is C10H10N6O3. The third-order valence-corrected chi connectivity index (χ3v) is 2.47. The molecule has 0 fully saturated rings. The molecule has 0 saturated carbocycles. The Morgan fingerprint density at radius 2 is 2.26 bits per heavy atom. The van der Waals surface area contributed by atoms with Crippen LogP contribution in [0.5, 0.6) is 0 Å². The Labute approximate surface area is 107 Å². The molecule has 0 atom stereocenters. The van der Waals surface area contributed by atoms with Crippen LogP contribution >= 0.6 is 0 Å². The number of carbonyl (C=O) groups excluding carboxylic acids is 1. The largest absolute Gasteiger partial charge is 0.366 e. The van der Waals surface area contributed by atoms with E-state index in [1.807, 2.05) is 0 Å². The molecule has 98 valence electrons. The van der Waals surface area contributed by atoms with Crippen LogP contribution in [0.25, 0.3) is 0 Å². The predicted molar refractivity (Wildman–Crippen MR) is 66.6 cm³/mol. The SMILES string of the molecule is Cc1c(NC(=O)c2nc(N)n[nH]2)cccc1[N+](=O)[O-]. The zero-order chi connectivity index (χ0) is 14.0. The van der Waals surface area contributed by atoms with Gasteiger partial charge in [-0.3, -0.25) is 20.0 Å². The molecule has 0 bridgehead atoms. The van der Waals surface area contributed by atoms with Crippen LogP contribution in [0.1, 0.15) is 16.2 Å². The molecule has 1 aromatic heterocycles. The van der Waals surface area contributed by atoms with Gasteiger partial charge in [0, 0.05) is 6.07 Å². The lowest BCUT2D eigenvalue weighted by atomic mass is 10.1. The first-order valence-corrected chi connectivity index (χ1v) is 5.22. The van der Waals surface area contributed by atoms with Crippen LogP contribution in [0.4, 0.5) is 17.3 Å². The van der Waals surface area contributed by atoms with E-state index < -0.39 is 10.8 Å². The first-order chi connectivity index (χ1) is 8.99. The molecule has 0 unspecified atom stereocenters. The molecule has 1 heterocycles. The van der Waals surface area contributed by atoms with Crippen LogP contribution in [0.2, 0.25) is 0 Å². The van der Waals surface area contributed by atoms with Gasteiger partial charge in [0.2, 0.25) is 11.8 Å². The first-order valence-electron chi connectivity index (χ1n) is 5.22. The van der Waals surface area contributed by atoms with E-state index in [0.717, 1.165) is 0 Å². The number of nitrogens with two attached hydrogens (primary N) is 1. The smallest absolute Gasteiger partial charge is 0.293 e. The minimum Gasteiger partial charge on any atom is -0.366 e. The maximum Gasteiger partial charge on any atom is 0.293 e. The quantitative estimate of drug-likeness (QED) is 0.553. The molecule has 0 aliphatic heterocycles. The molecule has 1 amide bonds. The Bertz CT molecular complexity index is 650. The predicted octanol–water partition coefficient (Wildman–Crippen LogP) is 0.856. The number of nitrogens with zero attached hydrogens (tertiary/aromatic N) is 3. The minimum absolute atomic E-state index is 0.0547. The van der Waals surface area contributed by atoms with Crippen molar-refractivity contribution in [2.75, 3.05) is 11.1 Å². The van der Waals surface area contributed by atoms with Gasteiger partial charge in [-0.15, -0.1) is 5.10 Å². The number of H-pyrrole nitrogens is 1. The van der Waals surface area contributed by atoms with Gasteiger partial charge in [-0.05, 0) is 13.0 Å². The van der Waals surface area contributed by atoms with Gasteiger partial charge in [-0.1, -0.05) is 6.07 Å². The molecule has 0 radical (unpaired) electrons. The Morgan fingerprint density at radius 3 is 2.84 bits per heavy atom. The third-order valence-electron chi connectivity index (χ3n) is 2.47. The fourth-order valence-corrected chi connectivity index (χ4v) is 1.51. The second-order valence-corrected chi connectivity index (χ2v) is 3.70. The standard InChI is InChI=1S/C10H10N6O3/c1-5-6(3-2-4-7(5)16(18)19)12-9(17)8-13-10(11)15-14-8/h2-4H,1H3,(H,12,17)(H3,11,13,14,15). The number of aromatic amines is 1. The number of benzene rings is 1. The Hall–Kier alpha value is -2.97. The number of hydrogen-bond acceptors (Lipinski definition) is 6. The molecule has 0 saturated heterocycles. The van der Waals surface area contributed by atoms with Crippen molar-refractivity contribution in [1.82, 2.24) is 15.2 Å². The fourth-order valence-electron chi connectivity index (χ4n) is 1.51. The number of anilines is 2. The lowest BCUT2D eigenvalue weighted by molar-refractivity contribution is -0.385. The Kier molecular flexibility index (Phi) is 3.10. The van der Waals surface area contributed by atoms with Gasteiger partial charge < -0.3 is 11.1 Å². The molecular weight excluding hydrogens is 252 g/mol. The minimum atomic E-state index is -0.576. The normalized spacial score (nSPS) is 10.2. The highest BCUT2D eigenvalue weighted by atomic mass is 16.6. The highest BCUT2D eigenvalue weighted by molar-refractivity contribution is 6.02. The Balaban J connectivity index is 2.27. The zero-order valence-electron chi connectivity index (χ0n) is 9.88. The van der Waals surface area contributed by atoms with Crippen LogP contribution in [0.3, 0.4) is 0 Å². The van der Waals surface area contributed by atoms with Gasteiger partial charge >= 0.3 is 0 Å². The molecule has 9 nitrogen and oxygen atoms in total. The van der Waals surface area contributed by atoms with E-state index in [0.29, 0.717) is 11.3 Å². The van der Waals surface area contributed by atoms with E-state index in [1.165, 1.54) is 12.1 Å². The van der Waals surface area contributed by atoms with E-state index >= 15 is 0 Å². The first kappa shape index (κ1) is 12.5. The molecule has 0 aliphatic rings. The van der Waals surface area contributed by atoms with Crippen molar-refractivity contribution in [1.29, 1.82) is 0 Å². The second kappa shape index (κ2) is 4.72. The summed E-state index contributed by atoms with van der Waals surface area (Å²) in [6.07, 6.45) is 0. The molecule has 0 spiro atoms. The summed E-state index contributed by atoms with van der Waals surface area (Å²) in [4.78, 5) is 25.7. The van der Waals surface area contributed by atoms with Crippen molar-refractivity contribution < 1.29 is 9.72 Å². The molecule has 2 aromatic rings. The van der Waals surface area contributed by atoms with E-state index in [-0.39, 0.29) is 17.5 Å². The maximum atomic E-state index is 11.8. The topological polar surface area (TPSA) is 140 Å². The fraction of sp³-hybridized carbons (Fsp3) is 0.100. The molecule has 2 rings (SSSR count). The van der Waals surface area contributed by atoms with E-state index in [1.54, 1.807) is 13.0 Å². The number of rotatable bonds is 3. The van der Waals surface area contributed by atoms with Crippen LogP contribution < -0.4 is 11.1 Å². The van der Waals surface area contributed by atoms with Crippen LogP contribution in [-0.4, -0.2) is 26.0 Å². The molecule has 1 aromatic carbocycles. The summed E-state index contributed by atoms with van der Waals surface area (Å²) in [5, 5.41) is 19.2. The highest BCUT2D eigenvalue weighted by Crippen LogP contribution is 2.25. The van der Waals surface area contributed by atoms with Crippen LogP contribution in [-0.2, 0) is 0 Å². The monoisotopic (exact) mass is 262 g/mol. The average molecular weight is 262 g/mol. The maximum absolute atomic E-state index is 11.8. The molecule has 0 aliphatic carbocycles. The van der Waals surface area contributed by atoms with E-state index in [2.05, 4.69) is 20.5 Å². The lowest BCUT2D eigenvalue weighted by Gasteiger charge is -2.06.